The molecule has 0 saturated carbocycles. The third-order valence-electron chi connectivity index (χ3n) is 5.06. The summed E-state index contributed by atoms with van der Waals surface area (Å²) in [5.41, 5.74) is 3.79. The van der Waals surface area contributed by atoms with Crippen molar-refractivity contribution in [3.8, 4) is 11.5 Å². The molecule has 10 nitrogen and oxygen atoms in total. The van der Waals surface area contributed by atoms with Crippen LogP contribution in [0.2, 0.25) is 0 Å². The molecule has 2 aromatic rings. The molecule has 2 aromatic carbocycles. The van der Waals surface area contributed by atoms with E-state index in [1.165, 1.54) is 6.21 Å². The molecule has 0 bridgehead atoms. The monoisotopic (exact) mass is 482 g/mol. The van der Waals surface area contributed by atoms with Gasteiger partial charge in [0, 0.05) is 19.7 Å². The smallest absolute Gasteiger partial charge is 0.329 e. The molecule has 0 radical (unpaired) electrons. The van der Waals surface area contributed by atoms with Gasteiger partial charge < -0.3 is 24.8 Å². The first-order chi connectivity index (χ1) is 17.0. The van der Waals surface area contributed by atoms with E-state index in [0.717, 1.165) is 18.4 Å². The average Bonchev–Trinajstić information content (AvgIpc) is 3.40. The third kappa shape index (κ3) is 8.74. The van der Waals surface area contributed by atoms with E-state index in [2.05, 4.69) is 21.2 Å². The molecule has 1 aliphatic rings. The van der Waals surface area contributed by atoms with Gasteiger partial charge in [-0.25, -0.2) is 5.43 Å². The Labute approximate surface area is 204 Å². The van der Waals surface area contributed by atoms with Gasteiger partial charge in [-0.05, 0) is 49.1 Å². The van der Waals surface area contributed by atoms with Crippen molar-refractivity contribution in [3.05, 3.63) is 59.7 Å². The molecule has 10 heteroatoms. The first kappa shape index (κ1) is 25.7. The highest BCUT2D eigenvalue weighted by atomic mass is 16.5. The van der Waals surface area contributed by atoms with Crippen molar-refractivity contribution in [2.75, 3.05) is 26.4 Å². The number of carbonyl (C=O) groups excluding carboxylic acids is 3. The van der Waals surface area contributed by atoms with E-state index >= 15 is 0 Å². The fourth-order valence-corrected chi connectivity index (χ4v) is 3.29. The molecule has 35 heavy (non-hydrogen) atoms. The zero-order valence-electron chi connectivity index (χ0n) is 19.6. The molecular formula is C25H30N4O6. The minimum Gasteiger partial charge on any atom is -0.490 e. The first-order valence-electron chi connectivity index (χ1n) is 11.5. The second kappa shape index (κ2) is 13.7. The normalized spacial score (nSPS) is 14.9. The van der Waals surface area contributed by atoms with Gasteiger partial charge in [0.1, 0.15) is 0 Å². The molecule has 1 heterocycles. The Morgan fingerprint density at radius 2 is 1.89 bits per heavy atom. The number of benzene rings is 2. The van der Waals surface area contributed by atoms with Crippen molar-refractivity contribution in [2.24, 2.45) is 5.10 Å². The number of hydrogen-bond acceptors (Lipinski definition) is 7. The lowest BCUT2D eigenvalue weighted by molar-refractivity contribution is -0.139. The molecule has 3 rings (SSSR count). The van der Waals surface area contributed by atoms with Crippen LogP contribution >= 0.6 is 0 Å². The Balaban J connectivity index is 1.47. The van der Waals surface area contributed by atoms with E-state index in [9.17, 15) is 14.4 Å². The Morgan fingerprint density at radius 1 is 1.06 bits per heavy atom. The maximum Gasteiger partial charge on any atom is 0.329 e. The predicted octanol–water partition coefficient (Wildman–Crippen LogP) is 1.53. The van der Waals surface area contributed by atoms with Crippen LogP contribution in [0.5, 0.6) is 11.5 Å². The number of rotatable bonds is 11. The number of nitrogens with zero attached hydrogens (tertiary/aromatic N) is 1. The lowest BCUT2D eigenvalue weighted by atomic mass is 10.2. The number of nitrogens with one attached hydrogen (secondary N) is 3. The van der Waals surface area contributed by atoms with Gasteiger partial charge in [0.2, 0.25) is 0 Å². The third-order valence-corrected chi connectivity index (χ3v) is 5.06. The molecule has 0 spiro atoms. The summed E-state index contributed by atoms with van der Waals surface area (Å²) in [6.07, 6.45) is 3.14. The average molecular weight is 483 g/mol. The van der Waals surface area contributed by atoms with Crippen LogP contribution in [0, 0.1) is 0 Å². The highest BCUT2D eigenvalue weighted by molar-refractivity contribution is 6.35. The fourth-order valence-electron chi connectivity index (χ4n) is 3.29. The number of ether oxygens (including phenoxy) is 3. The summed E-state index contributed by atoms with van der Waals surface area (Å²) in [6, 6.07) is 14.6. The molecule has 3 N–H and O–H groups in total. The maximum absolute atomic E-state index is 12.1. The van der Waals surface area contributed by atoms with Crippen LogP contribution < -0.4 is 25.5 Å². The predicted molar refractivity (Wildman–Crippen MR) is 129 cm³/mol. The molecule has 1 fully saturated rings. The fraction of sp³-hybridized carbons (Fsp3) is 0.360. The lowest BCUT2D eigenvalue weighted by Crippen LogP contribution is -2.41. The van der Waals surface area contributed by atoms with Crippen LogP contribution in [-0.4, -0.2) is 56.4 Å². The van der Waals surface area contributed by atoms with Crippen molar-refractivity contribution in [2.45, 2.75) is 32.4 Å². The number of hydrogen-bond donors (Lipinski definition) is 3. The van der Waals surface area contributed by atoms with Crippen LogP contribution in [0.3, 0.4) is 0 Å². The molecule has 1 aliphatic heterocycles. The van der Waals surface area contributed by atoms with Crippen molar-refractivity contribution >= 4 is 23.9 Å². The summed E-state index contributed by atoms with van der Waals surface area (Å²) < 4.78 is 16.6. The van der Waals surface area contributed by atoms with E-state index in [0.29, 0.717) is 43.4 Å². The molecule has 3 amide bonds. The van der Waals surface area contributed by atoms with Crippen molar-refractivity contribution < 1.29 is 28.6 Å². The Morgan fingerprint density at radius 3 is 2.63 bits per heavy atom. The van der Waals surface area contributed by atoms with Crippen molar-refractivity contribution in [1.29, 1.82) is 0 Å². The Kier molecular flexibility index (Phi) is 10.1. The van der Waals surface area contributed by atoms with Gasteiger partial charge in [-0.15, -0.1) is 0 Å². The molecule has 186 valence electrons. The van der Waals surface area contributed by atoms with E-state index in [1.807, 2.05) is 37.3 Å². The quantitative estimate of drug-likeness (QED) is 0.253. The van der Waals surface area contributed by atoms with Gasteiger partial charge in [0.25, 0.3) is 5.91 Å². The lowest BCUT2D eigenvalue weighted by Gasteiger charge is -2.12. The minimum atomic E-state index is -0.870. The molecule has 1 saturated heterocycles. The summed E-state index contributed by atoms with van der Waals surface area (Å²) in [5.74, 6) is -1.08. The highest BCUT2D eigenvalue weighted by Gasteiger charge is 2.19. The number of amides is 3. The molecule has 0 aromatic heterocycles. The van der Waals surface area contributed by atoms with Crippen molar-refractivity contribution in [1.82, 2.24) is 16.1 Å². The summed E-state index contributed by atoms with van der Waals surface area (Å²) in [6.45, 7) is 3.42. The zero-order valence-corrected chi connectivity index (χ0v) is 19.6. The largest absolute Gasteiger partial charge is 0.490 e. The number of hydrazone groups is 1. The van der Waals surface area contributed by atoms with Gasteiger partial charge >= 0.3 is 11.8 Å². The standard InChI is InChI=1S/C25H30N4O6/c1-2-33-22-13-19(15-28-29-25(32)24(31)27-16-20-9-6-12-34-20)10-11-21(22)35-17-23(30)26-14-18-7-4-3-5-8-18/h3-5,7-8,10-11,13,15,20H,2,6,9,12,14,16-17H2,1H3,(H,26,30)(H,27,31)(H,29,32)/b28-15-/t20-/m1/s1. The van der Waals surface area contributed by atoms with E-state index in [-0.39, 0.29) is 18.6 Å². The van der Waals surface area contributed by atoms with E-state index in [4.69, 9.17) is 14.2 Å². The maximum atomic E-state index is 12.1. The zero-order chi connectivity index (χ0) is 24.9. The molecule has 0 aliphatic carbocycles. The topological polar surface area (TPSA) is 127 Å². The Bertz CT molecular complexity index is 1020. The Hall–Kier alpha value is -3.92. The first-order valence-corrected chi connectivity index (χ1v) is 11.5. The van der Waals surface area contributed by atoms with Crippen LogP contribution in [0.1, 0.15) is 30.9 Å². The van der Waals surface area contributed by atoms with Crippen molar-refractivity contribution in [3.63, 3.8) is 0 Å². The molecular weight excluding hydrogens is 452 g/mol. The van der Waals surface area contributed by atoms with Gasteiger partial charge in [0.05, 0.1) is 18.9 Å². The second-order valence-electron chi connectivity index (χ2n) is 7.73. The van der Waals surface area contributed by atoms with Gasteiger partial charge in [0.15, 0.2) is 18.1 Å². The van der Waals surface area contributed by atoms with Crippen LogP contribution in [-0.2, 0) is 25.7 Å². The second-order valence-corrected chi connectivity index (χ2v) is 7.73. The van der Waals surface area contributed by atoms with Crippen LogP contribution in [0.15, 0.2) is 53.6 Å². The van der Waals surface area contributed by atoms with Gasteiger partial charge in [-0.3, -0.25) is 14.4 Å². The SMILES string of the molecule is CCOc1cc(/C=N\NC(=O)C(=O)NC[C@H]2CCCO2)ccc1OCC(=O)NCc1ccccc1. The summed E-state index contributed by atoms with van der Waals surface area (Å²) in [5, 5.41) is 9.15. The van der Waals surface area contributed by atoms with E-state index < -0.39 is 11.8 Å². The number of carbonyl (C=O) groups is 3. The minimum absolute atomic E-state index is 0.0529. The molecule has 0 unspecified atom stereocenters. The summed E-state index contributed by atoms with van der Waals surface area (Å²) in [7, 11) is 0. The van der Waals surface area contributed by atoms with Crippen LogP contribution in [0.25, 0.3) is 0 Å². The summed E-state index contributed by atoms with van der Waals surface area (Å²) in [4.78, 5) is 35.9. The van der Waals surface area contributed by atoms with Gasteiger partial charge in [-0.2, -0.15) is 5.10 Å². The highest BCUT2D eigenvalue weighted by Crippen LogP contribution is 2.28. The summed E-state index contributed by atoms with van der Waals surface area (Å²) >= 11 is 0. The van der Waals surface area contributed by atoms with Gasteiger partial charge in [-0.1, -0.05) is 30.3 Å². The molecule has 1 atom stereocenters. The van der Waals surface area contributed by atoms with Crippen LogP contribution in [0.4, 0.5) is 0 Å². The van der Waals surface area contributed by atoms with E-state index in [1.54, 1.807) is 18.2 Å².